The molecule has 1 aliphatic carbocycles. The molecule has 0 aromatic heterocycles. The zero-order valence-electron chi connectivity index (χ0n) is 16.4. The first kappa shape index (κ1) is 19.7. The fraction of sp³-hybridized carbons (Fsp3) is 0.440. The molecule has 27 heavy (non-hydrogen) atoms. The third-order valence-electron chi connectivity index (χ3n) is 5.98. The Hall–Kier alpha value is -2.06. The van der Waals surface area contributed by atoms with Crippen molar-refractivity contribution in [3.8, 4) is 0 Å². The molecule has 0 amide bonds. The summed E-state index contributed by atoms with van der Waals surface area (Å²) in [5, 5.41) is 14.8. The van der Waals surface area contributed by atoms with Gasteiger partial charge in [0.25, 0.3) is 0 Å². The highest BCUT2D eigenvalue weighted by molar-refractivity contribution is 5.44. The molecule has 0 spiro atoms. The molecule has 2 atom stereocenters. The zero-order chi connectivity index (χ0) is 19.0. The summed E-state index contributed by atoms with van der Waals surface area (Å²) in [6.07, 6.45) is 10.1. The Bertz CT molecular complexity index is 694. The molecule has 2 N–H and O–H groups in total. The van der Waals surface area contributed by atoms with Crippen molar-refractivity contribution in [2.45, 2.75) is 57.0 Å². The van der Waals surface area contributed by atoms with Crippen LogP contribution in [0.5, 0.6) is 0 Å². The third kappa shape index (κ3) is 5.71. The summed E-state index contributed by atoms with van der Waals surface area (Å²) in [7, 11) is 0. The monoisotopic (exact) mass is 363 g/mol. The summed E-state index contributed by atoms with van der Waals surface area (Å²) < 4.78 is 0. The molecule has 0 saturated heterocycles. The van der Waals surface area contributed by atoms with Gasteiger partial charge in [-0.3, -0.25) is 0 Å². The average Bonchev–Trinajstić information content (AvgIpc) is 2.71. The maximum Gasteiger partial charge on any atom is 0.0682 e. The van der Waals surface area contributed by atoms with E-state index in [2.05, 4.69) is 66.5 Å². The topological polar surface area (TPSA) is 32.3 Å². The quantitative estimate of drug-likeness (QED) is 0.438. The number of aryl methyl sites for hydroxylation is 1. The van der Waals surface area contributed by atoms with Gasteiger partial charge in [0, 0.05) is 12.2 Å². The van der Waals surface area contributed by atoms with E-state index < -0.39 is 5.60 Å². The summed E-state index contributed by atoms with van der Waals surface area (Å²) >= 11 is 0. The van der Waals surface area contributed by atoms with Gasteiger partial charge in [-0.2, -0.15) is 0 Å². The van der Waals surface area contributed by atoms with Gasteiger partial charge in [0.2, 0.25) is 0 Å². The van der Waals surface area contributed by atoms with Crippen molar-refractivity contribution in [2.75, 3.05) is 11.9 Å². The molecular formula is C25H33NO. The Labute approximate surface area is 164 Å². The number of hydrogen-bond donors (Lipinski definition) is 2. The highest BCUT2D eigenvalue weighted by Crippen LogP contribution is 2.39. The summed E-state index contributed by atoms with van der Waals surface area (Å²) in [4.78, 5) is 0. The van der Waals surface area contributed by atoms with Gasteiger partial charge in [-0.1, -0.05) is 61.4 Å². The second kappa shape index (κ2) is 9.75. The van der Waals surface area contributed by atoms with Crippen LogP contribution in [-0.4, -0.2) is 17.3 Å². The molecule has 2 nitrogen and oxygen atoms in total. The van der Waals surface area contributed by atoms with E-state index in [0.717, 1.165) is 57.2 Å². The fourth-order valence-corrected chi connectivity index (χ4v) is 4.28. The molecule has 2 aromatic carbocycles. The Morgan fingerprint density at radius 3 is 2.56 bits per heavy atom. The number of rotatable bonds is 9. The van der Waals surface area contributed by atoms with Crippen LogP contribution in [0.2, 0.25) is 0 Å². The molecule has 2 heteroatoms. The molecule has 144 valence electrons. The standard InChI is InChI=1S/C25H33NO/c1-2-3-19-26-24-14-12-22(13-15-24)20-23-11-7-8-17-25(23,27)18-16-21-9-5-4-6-10-21/h2,4-6,9-10,12-15,23,26-27H,1,3,7-8,11,16-20H2. The van der Waals surface area contributed by atoms with E-state index in [-0.39, 0.29) is 0 Å². The van der Waals surface area contributed by atoms with E-state index in [4.69, 9.17) is 0 Å². The van der Waals surface area contributed by atoms with Crippen molar-refractivity contribution in [1.82, 2.24) is 0 Å². The first-order valence-electron chi connectivity index (χ1n) is 10.4. The van der Waals surface area contributed by atoms with E-state index in [1.807, 2.05) is 6.08 Å². The first-order valence-corrected chi connectivity index (χ1v) is 10.4. The van der Waals surface area contributed by atoms with Crippen LogP contribution in [0.25, 0.3) is 0 Å². The Kier molecular flexibility index (Phi) is 7.11. The maximum atomic E-state index is 11.4. The van der Waals surface area contributed by atoms with Crippen LogP contribution in [0.1, 0.15) is 49.7 Å². The van der Waals surface area contributed by atoms with Gasteiger partial charge in [-0.05, 0) is 67.7 Å². The smallest absolute Gasteiger partial charge is 0.0682 e. The molecule has 1 aliphatic rings. The zero-order valence-corrected chi connectivity index (χ0v) is 16.4. The minimum Gasteiger partial charge on any atom is -0.390 e. The Balaban J connectivity index is 1.60. The van der Waals surface area contributed by atoms with Gasteiger partial charge in [-0.25, -0.2) is 0 Å². The van der Waals surface area contributed by atoms with Crippen LogP contribution in [0, 0.1) is 5.92 Å². The normalized spacial score (nSPS) is 22.3. The van der Waals surface area contributed by atoms with Crippen molar-refractivity contribution in [3.05, 3.63) is 78.4 Å². The fourth-order valence-electron chi connectivity index (χ4n) is 4.28. The van der Waals surface area contributed by atoms with Gasteiger partial charge in [0.15, 0.2) is 0 Å². The van der Waals surface area contributed by atoms with Crippen LogP contribution in [0.3, 0.4) is 0 Å². The van der Waals surface area contributed by atoms with Crippen molar-refractivity contribution in [2.24, 2.45) is 5.92 Å². The van der Waals surface area contributed by atoms with Gasteiger partial charge in [-0.15, -0.1) is 6.58 Å². The molecule has 2 unspecified atom stereocenters. The van der Waals surface area contributed by atoms with Gasteiger partial charge in [0.1, 0.15) is 0 Å². The number of nitrogens with one attached hydrogen (secondary N) is 1. The van der Waals surface area contributed by atoms with E-state index >= 15 is 0 Å². The molecule has 0 aliphatic heterocycles. The molecule has 0 bridgehead atoms. The first-order chi connectivity index (χ1) is 13.2. The summed E-state index contributed by atoms with van der Waals surface area (Å²) in [5.74, 6) is 0.356. The summed E-state index contributed by atoms with van der Waals surface area (Å²) in [5.41, 5.74) is 3.28. The summed E-state index contributed by atoms with van der Waals surface area (Å²) in [6.45, 7) is 4.68. The van der Waals surface area contributed by atoms with Crippen molar-refractivity contribution < 1.29 is 5.11 Å². The minimum absolute atomic E-state index is 0.356. The molecule has 3 rings (SSSR count). The van der Waals surface area contributed by atoms with Gasteiger partial charge in [0.05, 0.1) is 5.60 Å². The third-order valence-corrected chi connectivity index (χ3v) is 5.98. The number of anilines is 1. The van der Waals surface area contributed by atoms with Crippen LogP contribution in [0.15, 0.2) is 67.3 Å². The van der Waals surface area contributed by atoms with E-state index in [1.165, 1.54) is 17.5 Å². The molecule has 1 saturated carbocycles. The number of hydrogen-bond acceptors (Lipinski definition) is 2. The average molecular weight is 364 g/mol. The molecule has 0 heterocycles. The second-order valence-corrected chi connectivity index (χ2v) is 7.94. The predicted octanol–water partition coefficient (Wildman–Crippen LogP) is 5.77. The lowest BCUT2D eigenvalue weighted by Gasteiger charge is -2.40. The molecule has 2 aromatic rings. The van der Waals surface area contributed by atoms with Crippen molar-refractivity contribution in [3.63, 3.8) is 0 Å². The molecular weight excluding hydrogens is 330 g/mol. The van der Waals surface area contributed by atoms with E-state index in [1.54, 1.807) is 0 Å². The largest absolute Gasteiger partial charge is 0.390 e. The van der Waals surface area contributed by atoms with Gasteiger partial charge >= 0.3 is 0 Å². The summed E-state index contributed by atoms with van der Waals surface area (Å²) in [6, 6.07) is 19.3. The number of aliphatic hydroxyl groups is 1. The Morgan fingerprint density at radius 1 is 1.04 bits per heavy atom. The molecule has 1 fully saturated rings. The molecule has 0 radical (unpaired) electrons. The lowest BCUT2D eigenvalue weighted by atomic mass is 9.70. The highest BCUT2D eigenvalue weighted by Gasteiger charge is 2.38. The second-order valence-electron chi connectivity index (χ2n) is 7.94. The highest BCUT2D eigenvalue weighted by atomic mass is 16.3. The SMILES string of the molecule is C=CCCNc1ccc(CC2CCCCC2(O)CCc2ccccc2)cc1. The lowest BCUT2D eigenvalue weighted by Crippen LogP contribution is -2.42. The van der Waals surface area contributed by atoms with Crippen molar-refractivity contribution >= 4 is 5.69 Å². The predicted molar refractivity (Wildman–Crippen MR) is 115 cm³/mol. The van der Waals surface area contributed by atoms with Crippen molar-refractivity contribution in [1.29, 1.82) is 0 Å². The van der Waals surface area contributed by atoms with E-state index in [9.17, 15) is 5.11 Å². The number of benzene rings is 2. The van der Waals surface area contributed by atoms with Crippen LogP contribution in [-0.2, 0) is 12.8 Å². The van der Waals surface area contributed by atoms with Crippen LogP contribution in [0.4, 0.5) is 5.69 Å². The van der Waals surface area contributed by atoms with Gasteiger partial charge < -0.3 is 10.4 Å². The minimum atomic E-state index is -0.533. The lowest BCUT2D eigenvalue weighted by molar-refractivity contribution is -0.0545. The van der Waals surface area contributed by atoms with Crippen LogP contribution < -0.4 is 5.32 Å². The van der Waals surface area contributed by atoms with E-state index in [0.29, 0.717) is 5.92 Å². The van der Waals surface area contributed by atoms with Crippen LogP contribution >= 0.6 is 0 Å². The maximum absolute atomic E-state index is 11.4. The Morgan fingerprint density at radius 2 is 1.81 bits per heavy atom.